The van der Waals surface area contributed by atoms with Crippen molar-refractivity contribution in [1.29, 1.82) is 0 Å². The predicted octanol–water partition coefficient (Wildman–Crippen LogP) is 2.83. The first kappa shape index (κ1) is 15.7. The first-order valence-corrected chi connectivity index (χ1v) is 7.87. The van der Waals surface area contributed by atoms with Crippen LogP contribution >= 0.6 is 0 Å². The van der Waals surface area contributed by atoms with Crippen molar-refractivity contribution < 1.29 is 0 Å². The molecule has 2 aromatic heterocycles. The van der Waals surface area contributed by atoms with Crippen LogP contribution in [0, 0.1) is 0 Å². The summed E-state index contributed by atoms with van der Waals surface area (Å²) in [4.78, 5) is 4.59. The maximum atomic E-state index is 4.59. The average molecular weight is 286 g/mol. The van der Waals surface area contributed by atoms with Gasteiger partial charge in [-0.3, -0.25) is 9.67 Å². The number of hydrogen-bond acceptors (Lipinski definition) is 3. The second-order valence-corrected chi connectivity index (χ2v) is 5.38. The highest BCUT2D eigenvalue weighted by atomic mass is 15.3. The van der Waals surface area contributed by atoms with Gasteiger partial charge >= 0.3 is 0 Å². The molecule has 0 aliphatic rings. The Morgan fingerprint density at radius 2 is 2.00 bits per heavy atom. The minimum absolute atomic E-state index is 0.277. The molecule has 0 spiro atoms. The third-order valence-corrected chi connectivity index (χ3v) is 3.81. The molecule has 2 heterocycles. The lowest BCUT2D eigenvalue weighted by molar-refractivity contribution is 0.540. The number of pyridine rings is 1. The molecule has 1 N–H and O–H groups in total. The van der Waals surface area contributed by atoms with E-state index in [4.69, 9.17) is 0 Å². The van der Waals surface area contributed by atoms with E-state index in [1.807, 2.05) is 17.9 Å². The lowest BCUT2D eigenvalue weighted by Crippen LogP contribution is -2.24. The van der Waals surface area contributed by atoms with E-state index in [1.165, 1.54) is 16.8 Å². The van der Waals surface area contributed by atoms with E-state index in [1.54, 1.807) is 0 Å². The number of aromatic nitrogens is 3. The fourth-order valence-electron chi connectivity index (χ4n) is 2.65. The second kappa shape index (κ2) is 7.36. The molecule has 0 aliphatic heterocycles. The highest BCUT2D eigenvalue weighted by Crippen LogP contribution is 2.21. The van der Waals surface area contributed by atoms with Gasteiger partial charge in [0.1, 0.15) is 0 Å². The number of likely N-dealkylation sites (N-methyl/N-ethyl adjacent to an activating group) is 1. The lowest BCUT2D eigenvalue weighted by Gasteiger charge is -2.17. The molecule has 0 radical (unpaired) electrons. The van der Waals surface area contributed by atoms with E-state index in [2.05, 4.69) is 54.5 Å². The van der Waals surface area contributed by atoms with E-state index in [-0.39, 0.29) is 6.04 Å². The van der Waals surface area contributed by atoms with Gasteiger partial charge < -0.3 is 5.32 Å². The van der Waals surface area contributed by atoms with Crippen molar-refractivity contribution in [3.05, 3.63) is 47.0 Å². The summed E-state index contributed by atoms with van der Waals surface area (Å²) in [5.41, 5.74) is 4.88. The maximum absolute atomic E-state index is 4.59. The molecule has 4 nitrogen and oxygen atoms in total. The number of aryl methyl sites for hydroxylation is 3. The van der Waals surface area contributed by atoms with Gasteiger partial charge in [-0.25, -0.2) is 0 Å². The zero-order valence-corrected chi connectivity index (χ0v) is 13.6. The van der Waals surface area contributed by atoms with Crippen LogP contribution < -0.4 is 5.32 Å². The molecule has 0 aliphatic carbocycles. The third-order valence-electron chi connectivity index (χ3n) is 3.81. The number of nitrogens with one attached hydrogen (secondary N) is 1. The van der Waals surface area contributed by atoms with Crippen LogP contribution in [0.3, 0.4) is 0 Å². The summed E-state index contributed by atoms with van der Waals surface area (Å²) in [5, 5.41) is 8.13. The molecule has 114 valence electrons. The average Bonchev–Trinajstić information content (AvgIpc) is 2.88. The van der Waals surface area contributed by atoms with Crippen molar-refractivity contribution in [2.75, 3.05) is 6.54 Å². The quantitative estimate of drug-likeness (QED) is 0.851. The summed E-state index contributed by atoms with van der Waals surface area (Å²) in [6.45, 7) is 7.39. The summed E-state index contributed by atoms with van der Waals surface area (Å²) in [5.74, 6) is 0. The Labute approximate surface area is 127 Å². The Kier molecular flexibility index (Phi) is 5.51. The maximum Gasteiger partial charge on any atom is 0.0669 e. The van der Waals surface area contributed by atoms with Gasteiger partial charge in [-0.05, 0) is 31.0 Å². The molecule has 21 heavy (non-hydrogen) atoms. The van der Waals surface area contributed by atoms with Crippen LogP contribution in [0.2, 0.25) is 0 Å². The first-order valence-electron chi connectivity index (χ1n) is 7.87. The first-order chi connectivity index (χ1) is 10.2. The van der Waals surface area contributed by atoms with Crippen LogP contribution in [0.1, 0.15) is 49.3 Å². The molecule has 0 aromatic carbocycles. The van der Waals surface area contributed by atoms with Gasteiger partial charge in [-0.15, -0.1) is 0 Å². The monoisotopic (exact) mass is 286 g/mol. The predicted molar refractivity (Wildman–Crippen MR) is 86.3 cm³/mol. The van der Waals surface area contributed by atoms with E-state index in [9.17, 15) is 0 Å². The van der Waals surface area contributed by atoms with Crippen LogP contribution in [-0.2, 0) is 26.3 Å². The van der Waals surface area contributed by atoms with Gasteiger partial charge in [-0.1, -0.05) is 26.8 Å². The summed E-state index contributed by atoms with van der Waals surface area (Å²) < 4.78 is 1.91. The topological polar surface area (TPSA) is 42.7 Å². The fourth-order valence-corrected chi connectivity index (χ4v) is 2.65. The SMILES string of the molecule is CCNC(Cc1ccc(CC)cn1)c1cn(C)nc1CC. The standard InChI is InChI=1S/C17H26N4/c1-5-13-8-9-14(19-11-13)10-17(18-7-3)15-12-21(4)20-16(15)6-2/h8-9,11-12,17-18H,5-7,10H2,1-4H3. The molecule has 0 amide bonds. The van der Waals surface area contributed by atoms with Crippen molar-refractivity contribution >= 4 is 0 Å². The molecule has 4 heteroatoms. The second-order valence-electron chi connectivity index (χ2n) is 5.38. The van der Waals surface area contributed by atoms with Gasteiger partial charge in [0, 0.05) is 43.2 Å². The highest BCUT2D eigenvalue weighted by Gasteiger charge is 2.18. The highest BCUT2D eigenvalue weighted by molar-refractivity contribution is 5.24. The van der Waals surface area contributed by atoms with Gasteiger partial charge in [0.2, 0.25) is 0 Å². The zero-order chi connectivity index (χ0) is 15.2. The Bertz CT molecular complexity index is 557. The summed E-state index contributed by atoms with van der Waals surface area (Å²) in [6, 6.07) is 4.60. The third kappa shape index (κ3) is 3.91. The molecule has 1 unspecified atom stereocenters. The van der Waals surface area contributed by atoms with Crippen molar-refractivity contribution in [3.63, 3.8) is 0 Å². The van der Waals surface area contributed by atoms with Gasteiger partial charge in [0.05, 0.1) is 5.69 Å². The van der Waals surface area contributed by atoms with Crippen LogP contribution in [0.4, 0.5) is 0 Å². The van der Waals surface area contributed by atoms with Crippen LogP contribution in [-0.4, -0.2) is 21.3 Å². The summed E-state index contributed by atoms with van der Waals surface area (Å²) in [7, 11) is 1.99. The molecule has 0 fully saturated rings. The Balaban J connectivity index is 2.21. The Hall–Kier alpha value is -1.68. The number of rotatable bonds is 7. The molecule has 2 aromatic rings. The summed E-state index contributed by atoms with van der Waals surface area (Å²) in [6.07, 6.45) is 7.01. The molecule has 0 saturated carbocycles. The van der Waals surface area contributed by atoms with Crippen molar-refractivity contribution in [1.82, 2.24) is 20.1 Å². The van der Waals surface area contributed by atoms with E-state index < -0.39 is 0 Å². The number of hydrogen-bond donors (Lipinski definition) is 1. The molecule has 1 atom stereocenters. The molecule has 0 saturated heterocycles. The minimum atomic E-state index is 0.277. The van der Waals surface area contributed by atoms with Crippen LogP contribution in [0.5, 0.6) is 0 Å². The number of nitrogens with zero attached hydrogens (tertiary/aromatic N) is 3. The largest absolute Gasteiger partial charge is 0.310 e. The van der Waals surface area contributed by atoms with Crippen LogP contribution in [0.15, 0.2) is 24.5 Å². The normalized spacial score (nSPS) is 12.6. The minimum Gasteiger partial charge on any atom is -0.310 e. The van der Waals surface area contributed by atoms with Gasteiger partial charge in [-0.2, -0.15) is 5.10 Å². The molecular weight excluding hydrogens is 260 g/mol. The van der Waals surface area contributed by atoms with Crippen molar-refractivity contribution in [3.8, 4) is 0 Å². The molecule has 2 rings (SSSR count). The van der Waals surface area contributed by atoms with Crippen molar-refractivity contribution in [2.24, 2.45) is 7.05 Å². The summed E-state index contributed by atoms with van der Waals surface area (Å²) >= 11 is 0. The smallest absolute Gasteiger partial charge is 0.0669 e. The Morgan fingerprint density at radius 1 is 1.19 bits per heavy atom. The Morgan fingerprint density at radius 3 is 2.57 bits per heavy atom. The van der Waals surface area contributed by atoms with E-state index >= 15 is 0 Å². The van der Waals surface area contributed by atoms with E-state index in [0.29, 0.717) is 0 Å². The fraction of sp³-hybridized carbons (Fsp3) is 0.529. The molecule has 0 bridgehead atoms. The van der Waals surface area contributed by atoms with Crippen LogP contribution in [0.25, 0.3) is 0 Å². The van der Waals surface area contributed by atoms with Crippen molar-refractivity contribution in [2.45, 2.75) is 46.1 Å². The van der Waals surface area contributed by atoms with E-state index in [0.717, 1.165) is 31.5 Å². The lowest BCUT2D eigenvalue weighted by atomic mass is 10.0. The van der Waals surface area contributed by atoms with Gasteiger partial charge in [0.25, 0.3) is 0 Å². The van der Waals surface area contributed by atoms with Gasteiger partial charge in [0.15, 0.2) is 0 Å². The zero-order valence-electron chi connectivity index (χ0n) is 13.6. The molecular formula is C17H26N4.